The SMILES string of the molecule is CCOC(=O)CN1CCN(c2ccc(N3CCOc4ncnc(Cl)c4C3=O)cc2Cl)O1. The van der Waals surface area contributed by atoms with Crippen molar-refractivity contribution in [3.05, 3.63) is 40.3 Å². The lowest BCUT2D eigenvalue weighted by Gasteiger charge is -2.23. The van der Waals surface area contributed by atoms with Crippen LogP contribution in [0, 0.1) is 0 Å². The van der Waals surface area contributed by atoms with Gasteiger partial charge >= 0.3 is 5.97 Å². The predicted octanol–water partition coefficient (Wildman–Crippen LogP) is 2.35. The summed E-state index contributed by atoms with van der Waals surface area (Å²) in [6.07, 6.45) is 1.25. The number of carbonyl (C=O) groups is 2. The van der Waals surface area contributed by atoms with Crippen molar-refractivity contribution in [2.75, 3.05) is 49.4 Å². The molecule has 0 radical (unpaired) electrons. The van der Waals surface area contributed by atoms with Gasteiger partial charge < -0.3 is 14.4 Å². The van der Waals surface area contributed by atoms with Crippen LogP contribution in [0.15, 0.2) is 24.5 Å². The van der Waals surface area contributed by atoms with Crippen LogP contribution >= 0.6 is 23.2 Å². The smallest absolute Gasteiger partial charge is 0.322 e. The molecule has 1 aromatic carbocycles. The first-order valence-electron chi connectivity index (χ1n) is 9.58. The third kappa shape index (κ3) is 4.52. The minimum atomic E-state index is -0.375. The highest BCUT2D eigenvalue weighted by molar-refractivity contribution is 6.34. The van der Waals surface area contributed by atoms with Gasteiger partial charge in [0.2, 0.25) is 5.88 Å². The number of amides is 1. The molecule has 1 aromatic heterocycles. The summed E-state index contributed by atoms with van der Waals surface area (Å²) in [6, 6.07) is 5.16. The van der Waals surface area contributed by atoms with Crippen LogP contribution in [0.5, 0.6) is 5.88 Å². The second kappa shape index (κ2) is 9.23. The van der Waals surface area contributed by atoms with Gasteiger partial charge in [0.05, 0.1) is 30.4 Å². The van der Waals surface area contributed by atoms with Gasteiger partial charge in [0, 0.05) is 12.2 Å². The molecule has 1 fully saturated rings. The summed E-state index contributed by atoms with van der Waals surface area (Å²) in [4.78, 5) is 39.8. The van der Waals surface area contributed by atoms with E-state index in [9.17, 15) is 9.59 Å². The monoisotopic (exact) mass is 467 g/mol. The quantitative estimate of drug-likeness (QED) is 0.484. The number of ether oxygens (including phenoxy) is 2. The Morgan fingerprint density at radius 3 is 2.84 bits per heavy atom. The van der Waals surface area contributed by atoms with E-state index >= 15 is 0 Å². The highest BCUT2D eigenvalue weighted by Crippen LogP contribution is 2.34. The van der Waals surface area contributed by atoms with Gasteiger partial charge in [-0.05, 0) is 25.1 Å². The maximum atomic E-state index is 13.1. The van der Waals surface area contributed by atoms with Crippen LogP contribution in [0.4, 0.5) is 11.4 Å². The van der Waals surface area contributed by atoms with E-state index in [0.29, 0.717) is 36.1 Å². The van der Waals surface area contributed by atoms with E-state index in [4.69, 9.17) is 37.6 Å². The minimum absolute atomic E-state index is 0.0184. The number of anilines is 2. The van der Waals surface area contributed by atoms with E-state index in [-0.39, 0.29) is 48.2 Å². The number of benzene rings is 1. The van der Waals surface area contributed by atoms with E-state index < -0.39 is 0 Å². The summed E-state index contributed by atoms with van der Waals surface area (Å²) in [5.41, 5.74) is 1.29. The molecule has 0 saturated carbocycles. The Labute approximate surface area is 188 Å². The fourth-order valence-electron chi connectivity index (χ4n) is 3.27. The molecule has 0 N–H and O–H groups in total. The standard InChI is InChI=1S/C19H19Cl2N5O5/c1-2-29-15(27)10-24-5-6-26(31-24)14-4-3-12(9-13(14)20)25-7-8-30-18-16(19(25)28)17(21)22-11-23-18/h3-4,9,11H,2,5-8,10H2,1H3. The van der Waals surface area contributed by atoms with Gasteiger partial charge in [-0.1, -0.05) is 23.2 Å². The third-order valence-corrected chi connectivity index (χ3v) is 5.26. The lowest BCUT2D eigenvalue weighted by Crippen LogP contribution is -2.32. The third-order valence-electron chi connectivity index (χ3n) is 4.67. The highest BCUT2D eigenvalue weighted by atomic mass is 35.5. The van der Waals surface area contributed by atoms with Gasteiger partial charge in [0.15, 0.2) is 0 Å². The Morgan fingerprint density at radius 1 is 1.23 bits per heavy atom. The van der Waals surface area contributed by atoms with Crippen molar-refractivity contribution in [3.8, 4) is 5.88 Å². The first-order valence-corrected chi connectivity index (χ1v) is 10.3. The average Bonchev–Trinajstić information content (AvgIpc) is 3.11. The number of hydroxylamine groups is 3. The zero-order valence-corrected chi connectivity index (χ0v) is 18.1. The van der Waals surface area contributed by atoms with Crippen LogP contribution in [0.1, 0.15) is 17.3 Å². The van der Waals surface area contributed by atoms with Crippen molar-refractivity contribution < 1.29 is 24.0 Å². The van der Waals surface area contributed by atoms with Gasteiger partial charge in [-0.3, -0.25) is 9.59 Å². The number of hydrogen-bond donors (Lipinski definition) is 0. The molecular formula is C19H19Cl2N5O5. The zero-order valence-electron chi connectivity index (χ0n) is 16.6. The number of aromatic nitrogens is 2. The lowest BCUT2D eigenvalue weighted by atomic mass is 10.2. The van der Waals surface area contributed by atoms with E-state index in [2.05, 4.69) is 9.97 Å². The average molecular weight is 468 g/mol. The number of nitrogens with zero attached hydrogens (tertiary/aromatic N) is 5. The molecule has 3 heterocycles. The Hall–Kier alpha value is -2.66. The van der Waals surface area contributed by atoms with Crippen molar-refractivity contribution in [2.45, 2.75) is 6.92 Å². The zero-order chi connectivity index (χ0) is 22.0. The molecule has 31 heavy (non-hydrogen) atoms. The van der Waals surface area contributed by atoms with E-state index in [1.807, 2.05) is 0 Å². The highest BCUT2D eigenvalue weighted by Gasteiger charge is 2.30. The molecule has 164 valence electrons. The second-order valence-electron chi connectivity index (χ2n) is 6.64. The van der Waals surface area contributed by atoms with Crippen molar-refractivity contribution >= 4 is 46.5 Å². The normalized spacial score (nSPS) is 16.7. The summed E-state index contributed by atoms with van der Waals surface area (Å²) in [5, 5.41) is 3.48. The van der Waals surface area contributed by atoms with Crippen LogP contribution in [0.2, 0.25) is 10.2 Å². The number of halogens is 2. The molecule has 1 saturated heterocycles. The van der Waals surface area contributed by atoms with Crippen LogP contribution in [-0.4, -0.2) is 66.3 Å². The van der Waals surface area contributed by atoms with Gasteiger partial charge in [-0.15, -0.1) is 0 Å². The van der Waals surface area contributed by atoms with Crippen molar-refractivity contribution in [1.29, 1.82) is 0 Å². The Bertz CT molecular complexity index is 1010. The van der Waals surface area contributed by atoms with Gasteiger partial charge in [-0.25, -0.2) is 15.0 Å². The molecule has 0 unspecified atom stereocenters. The molecule has 0 atom stereocenters. The summed E-state index contributed by atoms with van der Waals surface area (Å²) in [6.45, 7) is 3.62. The van der Waals surface area contributed by atoms with Gasteiger partial charge in [0.25, 0.3) is 5.91 Å². The topological polar surface area (TPSA) is 97.3 Å². The van der Waals surface area contributed by atoms with Crippen LogP contribution < -0.4 is 14.7 Å². The summed E-state index contributed by atoms with van der Waals surface area (Å²) in [7, 11) is 0. The molecular weight excluding hydrogens is 449 g/mol. The molecule has 0 bridgehead atoms. The maximum Gasteiger partial charge on any atom is 0.322 e. The molecule has 0 spiro atoms. The number of carbonyl (C=O) groups excluding carboxylic acids is 2. The van der Waals surface area contributed by atoms with Gasteiger partial charge in [-0.2, -0.15) is 10.0 Å². The first kappa shape index (κ1) is 21.6. The number of hydrogen-bond acceptors (Lipinski definition) is 9. The van der Waals surface area contributed by atoms with Crippen LogP contribution in [0.3, 0.4) is 0 Å². The minimum Gasteiger partial charge on any atom is -0.475 e. The van der Waals surface area contributed by atoms with Crippen molar-refractivity contribution in [1.82, 2.24) is 15.0 Å². The Morgan fingerprint density at radius 2 is 2.06 bits per heavy atom. The van der Waals surface area contributed by atoms with Crippen molar-refractivity contribution in [3.63, 3.8) is 0 Å². The predicted molar refractivity (Wildman–Crippen MR) is 112 cm³/mol. The van der Waals surface area contributed by atoms with Crippen molar-refractivity contribution in [2.24, 2.45) is 0 Å². The van der Waals surface area contributed by atoms with E-state index in [1.165, 1.54) is 16.3 Å². The molecule has 1 amide bonds. The number of rotatable bonds is 5. The summed E-state index contributed by atoms with van der Waals surface area (Å²) in [5.74, 6) is -0.585. The lowest BCUT2D eigenvalue weighted by molar-refractivity contribution is -0.164. The van der Waals surface area contributed by atoms with Crippen LogP contribution in [-0.2, 0) is 14.5 Å². The fraction of sp³-hybridized carbons (Fsp3) is 0.368. The molecule has 12 heteroatoms. The second-order valence-corrected chi connectivity index (χ2v) is 7.40. The van der Waals surface area contributed by atoms with E-state index in [0.717, 1.165) is 0 Å². The fourth-order valence-corrected chi connectivity index (χ4v) is 3.74. The summed E-state index contributed by atoms with van der Waals surface area (Å²) >= 11 is 12.6. The molecule has 2 aliphatic rings. The first-order chi connectivity index (χ1) is 15.0. The molecule has 2 aromatic rings. The molecule has 2 aliphatic heterocycles. The molecule has 4 rings (SSSR count). The largest absolute Gasteiger partial charge is 0.475 e. The Balaban J connectivity index is 1.51. The number of fused-ring (bicyclic) bond motifs is 1. The van der Waals surface area contributed by atoms with Gasteiger partial charge in [0.1, 0.15) is 30.2 Å². The molecule has 10 nitrogen and oxygen atoms in total. The maximum absolute atomic E-state index is 13.1. The summed E-state index contributed by atoms with van der Waals surface area (Å²) < 4.78 is 10.5. The number of esters is 1. The molecule has 0 aliphatic carbocycles. The van der Waals surface area contributed by atoms with Crippen LogP contribution in [0.25, 0.3) is 0 Å². The van der Waals surface area contributed by atoms with E-state index in [1.54, 1.807) is 30.2 Å². The Kier molecular flexibility index (Phi) is 6.42.